The second kappa shape index (κ2) is 9.50. The van der Waals surface area contributed by atoms with E-state index in [1.165, 1.54) is 6.42 Å². The van der Waals surface area contributed by atoms with Crippen LogP contribution in [0.1, 0.15) is 38.7 Å². The summed E-state index contributed by atoms with van der Waals surface area (Å²) in [6, 6.07) is 9.48. The van der Waals surface area contributed by atoms with Crippen LogP contribution < -0.4 is 0 Å². The van der Waals surface area contributed by atoms with Crippen molar-refractivity contribution in [3.05, 3.63) is 35.9 Å². The van der Waals surface area contributed by atoms with Gasteiger partial charge in [0.25, 0.3) is 0 Å². The van der Waals surface area contributed by atoms with Crippen LogP contribution in [0, 0.1) is 0 Å². The summed E-state index contributed by atoms with van der Waals surface area (Å²) in [5, 5.41) is 9.22. The first-order valence-electron chi connectivity index (χ1n) is 7.14. The lowest BCUT2D eigenvalue weighted by Crippen LogP contribution is -2.14. The average Bonchev–Trinajstić information content (AvgIpc) is 3.31. The quantitative estimate of drug-likeness (QED) is 0.643. The molecule has 2 atom stereocenters. The van der Waals surface area contributed by atoms with Crippen LogP contribution in [0.4, 0.5) is 0 Å². The molecule has 0 saturated carbocycles. The Bertz CT molecular complexity index is 373. The maximum Gasteiger partial charge on any atom is 0.308 e. The minimum absolute atomic E-state index is 0.0728. The minimum atomic E-state index is -0.590. The molecule has 0 unspecified atom stereocenters. The molecule has 1 aromatic carbocycles. The number of ether oxygens (including phenoxy) is 2. The third-order valence-electron chi connectivity index (χ3n) is 2.97. The van der Waals surface area contributed by atoms with E-state index in [1.54, 1.807) is 0 Å². The Labute approximate surface area is 120 Å². The van der Waals surface area contributed by atoms with E-state index in [1.807, 2.05) is 37.3 Å². The van der Waals surface area contributed by atoms with Crippen LogP contribution in [0.15, 0.2) is 30.3 Å². The molecule has 0 bridgehead atoms. The molecule has 0 spiro atoms. The Morgan fingerprint density at radius 1 is 1.40 bits per heavy atom. The van der Waals surface area contributed by atoms with Crippen molar-refractivity contribution in [3.63, 3.8) is 0 Å². The van der Waals surface area contributed by atoms with Crippen LogP contribution in [-0.2, 0) is 20.9 Å². The molecule has 1 aliphatic rings. The fraction of sp³-hybridized carbons (Fsp3) is 0.562. The normalized spacial score (nSPS) is 17.6. The fourth-order valence-electron chi connectivity index (χ4n) is 1.44. The standard InChI is InChI=1S/C12H16O3.C4H8O/c1-2-11(13)8-12(14)15-9-10-6-4-3-5-7-10;1-2-4-3-5-4/h3-7,11,13H,2,8-9H2,1H3;4H,2-3H2,1H3/t11-;4-/m11/s1. The molecule has 1 N–H and O–H groups in total. The van der Waals surface area contributed by atoms with E-state index in [0.717, 1.165) is 12.2 Å². The van der Waals surface area contributed by atoms with E-state index in [9.17, 15) is 9.90 Å². The van der Waals surface area contributed by atoms with Gasteiger partial charge in [-0.3, -0.25) is 4.79 Å². The van der Waals surface area contributed by atoms with Gasteiger partial charge in [0.2, 0.25) is 0 Å². The van der Waals surface area contributed by atoms with Crippen molar-refractivity contribution in [1.29, 1.82) is 0 Å². The van der Waals surface area contributed by atoms with Gasteiger partial charge >= 0.3 is 5.97 Å². The van der Waals surface area contributed by atoms with E-state index in [2.05, 4.69) is 6.92 Å². The number of epoxide rings is 1. The number of aliphatic hydroxyl groups is 1. The number of rotatable bonds is 6. The van der Waals surface area contributed by atoms with Crippen LogP contribution in [0.25, 0.3) is 0 Å². The number of aliphatic hydroxyl groups excluding tert-OH is 1. The van der Waals surface area contributed by atoms with Crippen molar-refractivity contribution in [2.75, 3.05) is 6.61 Å². The number of carbonyl (C=O) groups excluding carboxylic acids is 1. The monoisotopic (exact) mass is 280 g/mol. The predicted molar refractivity (Wildman–Crippen MR) is 77.2 cm³/mol. The van der Waals surface area contributed by atoms with Crippen LogP contribution in [0.3, 0.4) is 0 Å². The van der Waals surface area contributed by atoms with E-state index < -0.39 is 6.10 Å². The topological polar surface area (TPSA) is 59.1 Å². The molecule has 2 rings (SSSR count). The molecule has 1 saturated heterocycles. The zero-order valence-electron chi connectivity index (χ0n) is 12.2. The molecular formula is C16H24O4. The van der Waals surface area contributed by atoms with Gasteiger partial charge < -0.3 is 14.6 Å². The largest absolute Gasteiger partial charge is 0.461 e. The number of benzene rings is 1. The van der Waals surface area contributed by atoms with Crippen LogP contribution >= 0.6 is 0 Å². The Morgan fingerprint density at radius 2 is 2.05 bits per heavy atom. The minimum Gasteiger partial charge on any atom is -0.461 e. The van der Waals surface area contributed by atoms with Crippen LogP contribution in [-0.4, -0.2) is 29.9 Å². The van der Waals surface area contributed by atoms with Crippen molar-refractivity contribution in [1.82, 2.24) is 0 Å². The first-order chi connectivity index (χ1) is 9.65. The molecule has 0 amide bonds. The SMILES string of the molecule is CC[C@@H](O)CC(=O)OCc1ccccc1.CC[C@@H]1CO1. The number of hydrogen-bond acceptors (Lipinski definition) is 4. The van der Waals surface area contributed by atoms with Crippen molar-refractivity contribution >= 4 is 5.97 Å². The molecule has 112 valence electrons. The highest BCUT2D eigenvalue weighted by atomic mass is 16.6. The maximum atomic E-state index is 11.2. The number of carbonyl (C=O) groups is 1. The Kier molecular flexibility index (Phi) is 7.92. The summed E-state index contributed by atoms with van der Waals surface area (Å²) < 4.78 is 9.86. The van der Waals surface area contributed by atoms with Crippen molar-refractivity contribution in [3.8, 4) is 0 Å². The van der Waals surface area contributed by atoms with Gasteiger partial charge in [-0.25, -0.2) is 0 Å². The number of hydrogen-bond donors (Lipinski definition) is 1. The molecule has 1 heterocycles. The van der Waals surface area contributed by atoms with E-state index in [4.69, 9.17) is 9.47 Å². The maximum absolute atomic E-state index is 11.2. The molecule has 0 aliphatic carbocycles. The van der Waals surface area contributed by atoms with E-state index in [0.29, 0.717) is 12.5 Å². The van der Waals surface area contributed by atoms with Gasteiger partial charge in [0, 0.05) is 0 Å². The van der Waals surface area contributed by atoms with Gasteiger partial charge in [-0.1, -0.05) is 44.2 Å². The van der Waals surface area contributed by atoms with Gasteiger partial charge in [0.05, 0.1) is 25.2 Å². The molecular weight excluding hydrogens is 256 g/mol. The summed E-state index contributed by atoms with van der Waals surface area (Å²) >= 11 is 0. The molecule has 20 heavy (non-hydrogen) atoms. The smallest absolute Gasteiger partial charge is 0.308 e. The van der Waals surface area contributed by atoms with Gasteiger partial charge in [0.1, 0.15) is 6.61 Å². The summed E-state index contributed by atoms with van der Waals surface area (Å²) in [6.45, 7) is 5.25. The van der Waals surface area contributed by atoms with E-state index in [-0.39, 0.29) is 19.0 Å². The van der Waals surface area contributed by atoms with Gasteiger partial charge in [-0.05, 0) is 18.4 Å². The van der Waals surface area contributed by atoms with Crippen molar-refractivity contribution in [2.24, 2.45) is 0 Å². The lowest BCUT2D eigenvalue weighted by molar-refractivity contribution is -0.147. The third-order valence-corrected chi connectivity index (χ3v) is 2.97. The summed E-state index contributed by atoms with van der Waals surface area (Å²) in [4.78, 5) is 11.2. The zero-order valence-corrected chi connectivity index (χ0v) is 12.2. The van der Waals surface area contributed by atoms with Crippen molar-refractivity contribution in [2.45, 2.75) is 51.9 Å². The fourth-order valence-corrected chi connectivity index (χ4v) is 1.44. The van der Waals surface area contributed by atoms with Gasteiger partial charge in [-0.15, -0.1) is 0 Å². The first kappa shape index (κ1) is 16.7. The Hall–Kier alpha value is -1.39. The molecule has 1 aliphatic heterocycles. The van der Waals surface area contributed by atoms with Crippen LogP contribution in [0.2, 0.25) is 0 Å². The zero-order chi connectivity index (χ0) is 14.8. The number of esters is 1. The Morgan fingerprint density at radius 3 is 2.50 bits per heavy atom. The molecule has 1 aromatic rings. The van der Waals surface area contributed by atoms with E-state index >= 15 is 0 Å². The predicted octanol–water partition coefficient (Wildman–Crippen LogP) is 2.69. The highest BCUT2D eigenvalue weighted by Crippen LogP contribution is 2.10. The lowest BCUT2D eigenvalue weighted by Gasteiger charge is -2.07. The average molecular weight is 280 g/mol. The summed E-state index contributed by atoms with van der Waals surface area (Å²) in [5.41, 5.74) is 0.955. The van der Waals surface area contributed by atoms with Crippen LogP contribution in [0.5, 0.6) is 0 Å². The first-order valence-corrected chi connectivity index (χ1v) is 7.14. The molecule has 1 fully saturated rings. The summed E-state index contributed by atoms with van der Waals surface area (Å²) in [5.74, 6) is -0.354. The van der Waals surface area contributed by atoms with Gasteiger partial charge in [-0.2, -0.15) is 0 Å². The Balaban J connectivity index is 0.000000333. The third kappa shape index (κ3) is 7.92. The van der Waals surface area contributed by atoms with Gasteiger partial charge in [0.15, 0.2) is 0 Å². The summed E-state index contributed by atoms with van der Waals surface area (Å²) in [6.07, 6.45) is 1.88. The molecule has 4 heteroatoms. The molecule has 0 aromatic heterocycles. The van der Waals surface area contributed by atoms with Crippen molar-refractivity contribution < 1.29 is 19.4 Å². The highest BCUT2D eigenvalue weighted by Gasteiger charge is 2.18. The second-order valence-corrected chi connectivity index (χ2v) is 4.78. The molecule has 4 nitrogen and oxygen atoms in total. The molecule has 0 radical (unpaired) electrons. The second-order valence-electron chi connectivity index (χ2n) is 4.78. The summed E-state index contributed by atoms with van der Waals surface area (Å²) in [7, 11) is 0. The highest BCUT2D eigenvalue weighted by molar-refractivity contribution is 5.69. The lowest BCUT2D eigenvalue weighted by atomic mass is 10.2.